The molecule has 1 aromatic carbocycles. The summed E-state index contributed by atoms with van der Waals surface area (Å²) in [6.07, 6.45) is 0. The third-order valence-corrected chi connectivity index (χ3v) is 4.27. The van der Waals surface area contributed by atoms with E-state index in [1.807, 2.05) is 0 Å². The number of anilines is 1. The van der Waals surface area contributed by atoms with Crippen LogP contribution in [0.1, 0.15) is 6.92 Å². The number of halogens is 1. The lowest BCUT2D eigenvalue weighted by Crippen LogP contribution is -2.38. The molecule has 4 N–H and O–H groups in total. The van der Waals surface area contributed by atoms with E-state index in [9.17, 15) is 17.6 Å². The lowest BCUT2D eigenvalue weighted by Gasteiger charge is -2.19. The summed E-state index contributed by atoms with van der Waals surface area (Å²) < 4.78 is 38.0. The molecular weight excluding hydrogens is 261 g/mol. The van der Waals surface area contributed by atoms with Crippen molar-refractivity contribution in [1.29, 1.82) is 0 Å². The quantitative estimate of drug-likeness (QED) is 0.732. The third-order valence-electron chi connectivity index (χ3n) is 2.27. The number of benzene rings is 1. The number of amides is 1. The zero-order valence-corrected chi connectivity index (χ0v) is 10.6. The summed E-state index contributed by atoms with van der Waals surface area (Å²) in [5.41, 5.74) is 10.2. The van der Waals surface area contributed by atoms with Crippen molar-refractivity contribution in [3.05, 3.63) is 24.0 Å². The SMILES string of the molecule is CCN(CC(N)=O)S(=O)(=O)c1ccc(F)cc1N. The average molecular weight is 275 g/mol. The molecule has 0 aliphatic rings. The van der Waals surface area contributed by atoms with Crippen LogP contribution in [0, 0.1) is 5.82 Å². The molecule has 0 aliphatic heterocycles. The number of nitrogens with two attached hydrogens (primary N) is 2. The summed E-state index contributed by atoms with van der Waals surface area (Å²) in [7, 11) is -3.95. The van der Waals surface area contributed by atoms with Crippen LogP contribution in [-0.2, 0) is 14.8 Å². The second kappa shape index (κ2) is 5.32. The van der Waals surface area contributed by atoms with Gasteiger partial charge in [0.05, 0.1) is 12.2 Å². The molecule has 100 valence electrons. The number of likely N-dealkylation sites (N-methyl/N-ethyl adjacent to an activating group) is 1. The van der Waals surface area contributed by atoms with Crippen LogP contribution in [0.15, 0.2) is 23.1 Å². The van der Waals surface area contributed by atoms with Crippen LogP contribution >= 0.6 is 0 Å². The number of hydrogen-bond acceptors (Lipinski definition) is 4. The van der Waals surface area contributed by atoms with E-state index in [0.29, 0.717) is 0 Å². The molecular formula is C10H14FN3O3S. The summed E-state index contributed by atoms with van der Waals surface area (Å²) in [5.74, 6) is -1.41. The Balaban J connectivity index is 3.23. The Morgan fingerprint density at radius 1 is 1.44 bits per heavy atom. The van der Waals surface area contributed by atoms with Crippen LogP contribution in [0.5, 0.6) is 0 Å². The van der Waals surface area contributed by atoms with E-state index >= 15 is 0 Å². The molecule has 0 fully saturated rings. The van der Waals surface area contributed by atoms with Gasteiger partial charge in [0, 0.05) is 6.54 Å². The smallest absolute Gasteiger partial charge is 0.245 e. The molecule has 0 unspecified atom stereocenters. The van der Waals surface area contributed by atoms with Crippen LogP contribution in [0.25, 0.3) is 0 Å². The maximum Gasteiger partial charge on any atom is 0.245 e. The Bertz CT molecular complexity index is 559. The van der Waals surface area contributed by atoms with Gasteiger partial charge in [0.2, 0.25) is 15.9 Å². The van der Waals surface area contributed by atoms with Gasteiger partial charge in [-0.1, -0.05) is 6.92 Å². The van der Waals surface area contributed by atoms with Crippen molar-refractivity contribution in [3.8, 4) is 0 Å². The second-order valence-corrected chi connectivity index (χ2v) is 5.49. The first-order chi connectivity index (χ1) is 8.28. The van der Waals surface area contributed by atoms with E-state index in [1.54, 1.807) is 6.92 Å². The minimum Gasteiger partial charge on any atom is -0.398 e. The number of carbonyl (C=O) groups is 1. The Morgan fingerprint density at radius 2 is 2.06 bits per heavy atom. The van der Waals surface area contributed by atoms with Crippen LogP contribution in [0.2, 0.25) is 0 Å². The molecule has 0 spiro atoms. The van der Waals surface area contributed by atoms with E-state index in [1.165, 1.54) is 0 Å². The van der Waals surface area contributed by atoms with Crippen molar-refractivity contribution in [1.82, 2.24) is 4.31 Å². The topological polar surface area (TPSA) is 106 Å². The molecule has 0 bridgehead atoms. The molecule has 1 aromatic rings. The summed E-state index contributed by atoms with van der Waals surface area (Å²) in [5, 5.41) is 0. The van der Waals surface area contributed by atoms with Gasteiger partial charge in [0.25, 0.3) is 0 Å². The summed E-state index contributed by atoms with van der Waals surface area (Å²) in [4.78, 5) is 10.6. The maximum absolute atomic E-state index is 12.9. The third kappa shape index (κ3) is 2.96. The van der Waals surface area contributed by atoms with Gasteiger partial charge in [0.15, 0.2) is 0 Å². The van der Waals surface area contributed by atoms with E-state index in [2.05, 4.69) is 0 Å². The summed E-state index contributed by atoms with van der Waals surface area (Å²) in [6, 6.07) is 2.95. The Morgan fingerprint density at radius 3 is 2.50 bits per heavy atom. The van der Waals surface area contributed by atoms with Crippen molar-refractivity contribution in [2.24, 2.45) is 5.73 Å². The van der Waals surface area contributed by atoms with Crippen molar-refractivity contribution in [3.63, 3.8) is 0 Å². The first-order valence-electron chi connectivity index (χ1n) is 5.12. The number of carbonyl (C=O) groups excluding carboxylic acids is 1. The van der Waals surface area contributed by atoms with Crippen LogP contribution in [-0.4, -0.2) is 31.7 Å². The van der Waals surface area contributed by atoms with E-state index in [-0.39, 0.29) is 17.1 Å². The Kier molecular flexibility index (Phi) is 4.25. The van der Waals surface area contributed by atoms with Gasteiger partial charge in [-0.05, 0) is 18.2 Å². The van der Waals surface area contributed by atoms with E-state index < -0.39 is 28.3 Å². The number of nitrogen functional groups attached to an aromatic ring is 1. The maximum atomic E-state index is 12.9. The van der Waals surface area contributed by atoms with Crippen molar-refractivity contribution in [2.45, 2.75) is 11.8 Å². The van der Waals surface area contributed by atoms with Crippen molar-refractivity contribution < 1.29 is 17.6 Å². The van der Waals surface area contributed by atoms with Gasteiger partial charge in [-0.2, -0.15) is 4.31 Å². The van der Waals surface area contributed by atoms with Gasteiger partial charge in [-0.25, -0.2) is 12.8 Å². The number of hydrogen-bond donors (Lipinski definition) is 2. The molecule has 0 atom stereocenters. The predicted octanol–water partition coefficient (Wildman–Crippen LogP) is -0.0962. The Hall–Kier alpha value is -1.67. The predicted molar refractivity (Wildman–Crippen MR) is 64.4 cm³/mol. The zero-order valence-electron chi connectivity index (χ0n) is 9.76. The largest absolute Gasteiger partial charge is 0.398 e. The highest BCUT2D eigenvalue weighted by Gasteiger charge is 2.26. The summed E-state index contributed by atoms with van der Waals surface area (Å²) in [6.45, 7) is 1.16. The van der Waals surface area contributed by atoms with E-state index in [4.69, 9.17) is 11.5 Å². The number of nitrogens with zero attached hydrogens (tertiary/aromatic N) is 1. The number of primary amides is 1. The second-order valence-electron chi connectivity index (χ2n) is 3.58. The lowest BCUT2D eigenvalue weighted by molar-refractivity contribution is -0.118. The van der Waals surface area contributed by atoms with Crippen LogP contribution < -0.4 is 11.5 Å². The lowest BCUT2D eigenvalue weighted by atomic mass is 10.3. The minimum atomic E-state index is -3.95. The highest BCUT2D eigenvalue weighted by Crippen LogP contribution is 2.22. The molecule has 0 aromatic heterocycles. The van der Waals surface area contributed by atoms with Crippen LogP contribution in [0.3, 0.4) is 0 Å². The normalized spacial score (nSPS) is 11.7. The molecule has 8 heteroatoms. The number of rotatable bonds is 5. The van der Waals surface area contributed by atoms with Gasteiger partial charge in [-0.15, -0.1) is 0 Å². The van der Waals surface area contributed by atoms with Crippen molar-refractivity contribution >= 4 is 21.6 Å². The highest BCUT2D eigenvalue weighted by molar-refractivity contribution is 7.89. The van der Waals surface area contributed by atoms with Gasteiger partial charge >= 0.3 is 0 Å². The fourth-order valence-electron chi connectivity index (χ4n) is 1.43. The van der Waals surface area contributed by atoms with E-state index in [0.717, 1.165) is 22.5 Å². The molecule has 18 heavy (non-hydrogen) atoms. The fraction of sp³-hybridized carbons (Fsp3) is 0.300. The highest BCUT2D eigenvalue weighted by atomic mass is 32.2. The molecule has 0 radical (unpaired) electrons. The molecule has 6 nitrogen and oxygen atoms in total. The van der Waals surface area contributed by atoms with Crippen molar-refractivity contribution in [2.75, 3.05) is 18.8 Å². The molecule has 1 amide bonds. The standard InChI is InChI=1S/C10H14FN3O3S/c1-2-14(6-10(13)15)18(16,17)9-4-3-7(11)5-8(9)12/h3-5H,2,6,12H2,1H3,(H2,13,15). The van der Waals surface area contributed by atoms with Gasteiger partial charge in [0.1, 0.15) is 10.7 Å². The van der Waals surface area contributed by atoms with Gasteiger partial charge in [-0.3, -0.25) is 4.79 Å². The molecule has 0 heterocycles. The fourth-order valence-corrected chi connectivity index (χ4v) is 2.95. The molecule has 0 saturated heterocycles. The molecule has 0 aliphatic carbocycles. The minimum absolute atomic E-state index is 0.0576. The zero-order chi connectivity index (χ0) is 13.9. The van der Waals surface area contributed by atoms with Gasteiger partial charge < -0.3 is 11.5 Å². The summed E-state index contributed by atoms with van der Waals surface area (Å²) >= 11 is 0. The Labute approximate surface area is 104 Å². The monoisotopic (exact) mass is 275 g/mol. The van der Waals surface area contributed by atoms with Crippen LogP contribution in [0.4, 0.5) is 10.1 Å². The average Bonchev–Trinajstić information content (AvgIpc) is 2.24. The first-order valence-corrected chi connectivity index (χ1v) is 6.56. The first kappa shape index (κ1) is 14.4. The molecule has 0 saturated carbocycles. The molecule has 1 rings (SSSR count). The number of sulfonamides is 1.